The fraction of sp³-hybridized carbons (Fsp3) is 0.529. The van der Waals surface area contributed by atoms with Gasteiger partial charge in [-0.05, 0) is 39.7 Å². The smallest absolute Gasteiger partial charge is 0.356 e. The van der Waals surface area contributed by atoms with Gasteiger partial charge in [0.15, 0.2) is 0 Å². The summed E-state index contributed by atoms with van der Waals surface area (Å²) in [6, 6.07) is 8.05. The van der Waals surface area contributed by atoms with Crippen LogP contribution in [0.4, 0.5) is 4.79 Å². The van der Waals surface area contributed by atoms with Gasteiger partial charge in [0, 0.05) is 6.04 Å². The summed E-state index contributed by atoms with van der Waals surface area (Å²) < 4.78 is 23.3. The summed E-state index contributed by atoms with van der Waals surface area (Å²) in [7, 11) is -3.94. The van der Waals surface area contributed by atoms with Crippen molar-refractivity contribution in [3.8, 4) is 0 Å². The van der Waals surface area contributed by atoms with Gasteiger partial charge in [-0.1, -0.05) is 30.3 Å². The Morgan fingerprint density at radius 1 is 1.12 bits per heavy atom. The van der Waals surface area contributed by atoms with Crippen molar-refractivity contribution in [2.45, 2.75) is 46.2 Å². The van der Waals surface area contributed by atoms with Crippen LogP contribution in [0.1, 0.15) is 33.3 Å². The molecule has 0 heterocycles. The summed E-state index contributed by atoms with van der Waals surface area (Å²) in [5.41, 5.74) is 0.0899. The summed E-state index contributed by atoms with van der Waals surface area (Å²) in [6.07, 6.45) is 0.228. The van der Waals surface area contributed by atoms with E-state index in [0.717, 1.165) is 5.56 Å². The summed E-state index contributed by atoms with van der Waals surface area (Å²) in [5, 5.41) is 5.18. The summed E-state index contributed by atoms with van der Waals surface area (Å²) >= 11 is 0. The molecule has 0 saturated carbocycles. The number of ether oxygens (including phenoxy) is 1. The number of hydrogen-bond donors (Lipinski definition) is 2. The van der Waals surface area contributed by atoms with Crippen molar-refractivity contribution < 1.29 is 23.4 Å². The Morgan fingerprint density at radius 2 is 1.76 bits per heavy atom. The zero-order valence-electron chi connectivity index (χ0n) is 15.2. The molecule has 0 radical (unpaired) electrons. The minimum absolute atomic E-state index is 0.0661. The second-order valence-electron chi connectivity index (χ2n) is 5.70. The number of carbonyl (C=O) groups excluding carboxylic acids is 2. The molecule has 1 aromatic carbocycles. The molecule has 8 heteroatoms. The highest BCUT2D eigenvalue weighted by Gasteiger charge is 2.38. The van der Waals surface area contributed by atoms with Crippen molar-refractivity contribution in [1.29, 1.82) is 0 Å². The van der Waals surface area contributed by atoms with Crippen molar-refractivity contribution in [3.63, 3.8) is 0 Å². The van der Waals surface area contributed by atoms with Crippen molar-refractivity contribution in [2.75, 3.05) is 13.2 Å². The highest BCUT2D eigenvalue weighted by atomic mass is 31.2. The van der Waals surface area contributed by atoms with E-state index in [1.165, 1.54) is 0 Å². The number of amides is 1. The monoisotopic (exact) mass is 370 g/mol. The van der Waals surface area contributed by atoms with E-state index in [-0.39, 0.29) is 25.7 Å². The van der Waals surface area contributed by atoms with E-state index >= 15 is 0 Å². The molecule has 1 aromatic rings. The van der Waals surface area contributed by atoms with Gasteiger partial charge in [-0.25, -0.2) is 5.09 Å². The second kappa shape index (κ2) is 10.3. The molecular formula is C17H27N2O5P. The topological polar surface area (TPSA) is 93.7 Å². The van der Waals surface area contributed by atoms with Crippen LogP contribution >= 0.6 is 7.52 Å². The fourth-order valence-corrected chi connectivity index (χ4v) is 3.86. The second-order valence-corrected chi connectivity index (χ2v) is 7.72. The standard InChI is InChI=1S/C17H27N2O5P/c1-5-23-16(20)15(12-14-10-8-7-9-11-14)19-25(22,24-6-2)17(21)18-13(3)4/h7-11,13,15H,5-6,12H2,1-4H3,(H,18,21)(H,19,22)/t15-,25-/m1/s1. The van der Waals surface area contributed by atoms with Crippen LogP contribution in [0, 0.1) is 0 Å². The number of esters is 1. The van der Waals surface area contributed by atoms with Gasteiger partial charge in [0.05, 0.1) is 13.2 Å². The minimum Gasteiger partial charge on any atom is -0.465 e. The van der Waals surface area contributed by atoms with E-state index in [4.69, 9.17) is 9.26 Å². The number of benzene rings is 1. The molecule has 0 aliphatic rings. The molecule has 7 nitrogen and oxygen atoms in total. The predicted octanol–water partition coefficient (Wildman–Crippen LogP) is 3.10. The molecular weight excluding hydrogens is 343 g/mol. The molecule has 0 aliphatic carbocycles. The van der Waals surface area contributed by atoms with Crippen LogP contribution in [0.5, 0.6) is 0 Å². The van der Waals surface area contributed by atoms with Gasteiger partial charge < -0.3 is 14.6 Å². The van der Waals surface area contributed by atoms with Gasteiger partial charge in [-0.2, -0.15) is 0 Å². The van der Waals surface area contributed by atoms with Crippen LogP contribution in [0.25, 0.3) is 0 Å². The maximum absolute atomic E-state index is 13.0. The van der Waals surface area contributed by atoms with E-state index in [1.54, 1.807) is 27.7 Å². The number of carbonyl (C=O) groups is 2. The van der Waals surface area contributed by atoms with Crippen LogP contribution in [-0.4, -0.2) is 36.9 Å². The quantitative estimate of drug-likeness (QED) is 0.486. The first kappa shape index (κ1) is 21.4. The average molecular weight is 370 g/mol. The number of hydrogen-bond acceptors (Lipinski definition) is 5. The Morgan fingerprint density at radius 3 is 2.28 bits per heavy atom. The lowest BCUT2D eigenvalue weighted by Crippen LogP contribution is -2.42. The Kier molecular flexibility index (Phi) is 8.83. The zero-order valence-corrected chi connectivity index (χ0v) is 16.0. The third-order valence-electron chi connectivity index (χ3n) is 3.17. The van der Waals surface area contributed by atoms with E-state index in [1.807, 2.05) is 30.3 Å². The highest BCUT2D eigenvalue weighted by Crippen LogP contribution is 2.44. The van der Waals surface area contributed by atoms with Gasteiger partial charge in [0.2, 0.25) is 0 Å². The Balaban J connectivity index is 3.03. The van der Waals surface area contributed by atoms with Crippen molar-refractivity contribution in [2.24, 2.45) is 0 Å². The molecule has 0 fully saturated rings. The molecule has 0 aliphatic heterocycles. The van der Waals surface area contributed by atoms with E-state index in [9.17, 15) is 14.2 Å². The number of rotatable bonds is 10. The third kappa shape index (κ3) is 6.98. The van der Waals surface area contributed by atoms with E-state index in [0.29, 0.717) is 0 Å². The van der Waals surface area contributed by atoms with Gasteiger partial charge in [-0.15, -0.1) is 0 Å². The Hall–Kier alpha value is -1.69. The molecule has 0 bridgehead atoms. The molecule has 0 spiro atoms. The van der Waals surface area contributed by atoms with Crippen LogP contribution in [0.3, 0.4) is 0 Å². The lowest BCUT2D eigenvalue weighted by molar-refractivity contribution is -0.145. The molecule has 2 atom stereocenters. The molecule has 25 heavy (non-hydrogen) atoms. The van der Waals surface area contributed by atoms with Crippen LogP contribution < -0.4 is 10.4 Å². The van der Waals surface area contributed by atoms with Crippen LogP contribution in [-0.2, 0) is 25.0 Å². The summed E-state index contributed by atoms with van der Waals surface area (Å²) in [4.78, 5) is 24.6. The van der Waals surface area contributed by atoms with Gasteiger partial charge in [0.1, 0.15) is 6.04 Å². The SMILES string of the molecule is CCOC(=O)[C@@H](Cc1ccccc1)N[P@](=O)(OCC)C(=O)NC(C)C. The zero-order chi connectivity index (χ0) is 18.9. The third-order valence-corrected chi connectivity index (χ3v) is 5.11. The van der Waals surface area contributed by atoms with Crippen LogP contribution in [0.2, 0.25) is 0 Å². The molecule has 0 aromatic heterocycles. The van der Waals surface area contributed by atoms with Crippen molar-refractivity contribution >= 4 is 19.1 Å². The highest BCUT2D eigenvalue weighted by molar-refractivity contribution is 7.74. The lowest BCUT2D eigenvalue weighted by Gasteiger charge is -2.24. The predicted molar refractivity (Wildman–Crippen MR) is 96.6 cm³/mol. The van der Waals surface area contributed by atoms with Crippen molar-refractivity contribution in [3.05, 3.63) is 35.9 Å². The summed E-state index contributed by atoms with van der Waals surface area (Å²) in [5.74, 6) is -0.580. The van der Waals surface area contributed by atoms with Crippen LogP contribution in [0.15, 0.2) is 30.3 Å². The van der Waals surface area contributed by atoms with Crippen molar-refractivity contribution in [1.82, 2.24) is 10.4 Å². The maximum atomic E-state index is 13.0. The molecule has 1 rings (SSSR count). The normalized spacial score (nSPS) is 14.6. The molecule has 140 valence electrons. The van der Waals surface area contributed by atoms with E-state index in [2.05, 4.69) is 10.4 Å². The maximum Gasteiger partial charge on any atom is 0.356 e. The summed E-state index contributed by atoms with van der Waals surface area (Å²) in [6.45, 7) is 7.07. The fourth-order valence-electron chi connectivity index (χ4n) is 2.15. The minimum atomic E-state index is -3.94. The first-order valence-electron chi connectivity index (χ1n) is 8.36. The Labute approximate surface area is 149 Å². The molecule has 0 saturated heterocycles. The van der Waals surface area contributed by atoms with Gasteiger partial charge in [-0.3, -0.25) is 14.2 Å². The largest absolute Gasteiger partial charge is 0.465 e. The average Bonchev–Trinajstić information content (AvgIpc) is 2.55. The first-order chi connectivity index (χ1) is 11.8. The lowest BCUT2D eigenvalue weighted by atomic mass is 10.1. The molecule has 2 N–H and O–H groups in total. The molecule has 0 unspecified atom stereocenters. The Bertz CT molecular complexity index is 606. The van der Waals surface area contributed by atoms with Gasteiger partial charge in [0.25, 0.3) is 0 Å². The number of nitrogens with one attached hydrogen (secondary N) is 2. The van der Waals surface area contributed by atoms with E-state index < -0.39 is 25.2 Å². The molecule has 1 amide bonds. The first-order valence-corrected chi connectivity index (χ1v) is 9.98. The van der Waals surface area contributed by atoms with Gasteiger partial charge >= 0.3 is 19.1 Å².